The molecule has 0 radical (unpaired) electrons. The zero-order valence-electron chi connectivity index (χ0n) is 10.8. The number of rotatable bonds is 5. The Morgan fingerprint density at radius 3 is 2.63 bits per heavy atom. The molecule has 0 bridgehead atoms. The Morgan fingerprint density at radius 1 is 1.42 bits per heavy atom. The minimum absolute atomic E-state index is 0.108. The molecule has 2 atom stereocenters. The van der Waals surface area contributed by atoms with E-state index >= 15 is 0 Å². The molecule has 1 aromatic carbocycles. The lowest BCUT2D eigenvalue weighted by molar-refractivity contribution is -0.125. The van der Waals surface area contributed by atoms with Gasteiger partial charge in [-0.3, -0.25) is 4.79 Å². The highest BCUT2D eigenvalue weighted by molar-refractivity contribution is 5.83. The molecule has 1 aliphatic rings. The largest absolute Gasteiger partial charge is 0.394 e. The van der Waals surface area contributed by atoms with Crippen LogP contribution in [0.25, 0.3) is 0 Å². The number of amides is 1. The van der Waals surface area contributed by atoms with Crippen LogP contribution in [0, 0.1) is 11.7 Å². The monoisotopic (exact) mass is 267 g/mol. The third-order valence-electron chi connectivity index (χ3n) is 3.55. The molecule has 1 amide bonds. The second-order valence-corrected chi connectivity index (χ2v) is 5.34. The van der Waals surface area contributed by atoms with Gasteiger partial charge < -0.3 is 15.5 Å². The van der Waals surface area contributed by atoms with Crippen molar-refractivity contribution in [2.75, 3.05) is 13.2 Å². The highest BCUT2D eigenvalue weighted by Gasteiger charge is 2.46. The molecule has 0 spiro atoms. The van der Waals surface area contributed by atoms with Crippen LogP contribution in [-0.2, 0) is 4.79 Å². The molecule has 19 heavy (non-hydrogen) atoms. The Morgan fingerprint density at radius 2 is 2.05 bits per heavy atom. The van der Waals surface area contributed by atoms with Gasteiger partial charge >= 0.3 is 0 Å². The first kappa shape index (κ1) is 14.0. The summed E-state index contributed by atoms with van der Waals surface area (Å²) in [4.78, 5) is 12.0. The van der Waals surface area contributed by atoms with E-state index in [4.69, 9.17) is 10.2 Å². The molecule has 1 aromatic rings. The Kier molecular flexibility index (Phi) is 3.87. The number of aliphatic hydroxyl groups excluding tert-OH is 2. The van der Waals surface area contributed by atoms with Gasteiger partial charge in [0.15, 0.2) is 0 Å². The van der Waals surface area contributed by atoms with Gasteiger partial charge in [-0.1, -0.05) is 18.2 Å². The summed E-state index contributed by atoms with van der Waals surface area (Å²) in [5, 5.41) is 20.9. The first-order valence-corrected chi connectivity index (χ1v) is 6.29. The van der Waals surface area contributed by atoms with Crippen molar-refractivity contribution in [1.82, 2.24) is 5.32 Å². The van der Waals surface area contributed by atoms with Crippen LogP contribution >= 0.6 is 0 Å². The van der Waals surface area contributed by atoms with E-state index in [2.05, 4.69) is 5.32 Å². The van der Waals surface area contributed by atoms with E-state index in [1.165, 1.54) is 6.07 Å². The standard InChI is InChI=1S/C14H18FNO3/c1-14(7-17,8-18)16-13(19)11-6-10(11)9-4-2-3-5-12(9)15/h2-5,10-11,17-18H,6-8H2,1H3,(H,16,19). The zero-order valence-corrected chi connectivity index (χ0v) is 10.8. The molecule has 0 aliphatic heterocycles. The topological polar surface area (TPSA) is 69.6 Å². The van der Waals surface area contributed by atoms with Crippen LogP contribution in [0.2, 0.25) is 0 Å². The Balaban J connectivity index is 2.00. The molecule has 2 unspecified atom stereocenters. The minimum atomic E-state index is -1.03. The predicted molar refractivity (Wildman–Crippen MR) is 68.0 cm³/mol. The summed E-state index contributed by atoms with van der Waals surface area (Å²) in [6.45, 7) is 0.879. The van der Waals surface area contributed by atoms with E-state index in [1.54, 1.807) is 25.1 Å². The molecule has 0 heterocycles. The number of benzene rings is 1. The minimum Gasteiger partial charge on any atom is -0.394 e. The van der Waals surface area contributed by atoms with Crippen molar-refractivity contribution >= 4 is 5.91 Å². The highest BCUT2D eigenvalue weighted by atomic mass is 19.1. The van der Waals surface area contributed by atoms with Crippen LogP contribution in [0.4, 0.5) is 4.39 Å². The van der Waals surface area contributed by atoms with Gasteiger partial charge in [0.2, 0.25) is 5.91 Å². The summed E-state index contributed by atoms with van der Waals surface area (Å²) in [7, 11) is 0. The van der Waals surface area contributed by atoms with Gasteiger partial charge in [-0.05, 0) is 30.9 Å². The van der Waals surface area contributed by atoms with Crippen molar-refractivity contribution in [3.8, 4) is 0 Å². The van der Waals surface area contributed by atoms with Crippen LogP contribution in [0.3, 0.4) is 0 Å². The predicted octanol–water partition coefficient (Wildman–Crippen LogP) is 0.789. The van der Waals surface area contributed by atoms with E-state index in [9.17, 15) is 9.18 Å². The van der Waals surface area contributed by atoms with Crippen LogP contribution in [0.1, 0.15) is 24.8 Å². The third-order valence-corrected chi connectivity index (χ3v) is 3.55. The summed E-state index contributed by atoms with van der Waals surface area (Å²) in [5.41, 5.74) is -0.475. The fraction of sp³-hybridized carbons (Fsp3) is 0.500. The van der Waals surface area contributed by atoms with Crippen molar-refractivity contribution in [1.29, 1.82) is 0 Å². The van der Waals surface area contributed by atoms with Crippen molar-refractivity contribution in [3.05, 3.63) is 35.6 Å². The molecule has 2 rings (SSSR count). The molecule has 5 heteroatoms. The maximum atomic E-state index is 13.6. The molecule has 0 saturated heterocycles. The second-order valence-electron chi connectivity index (χ2n) is 5.34. The molecule has 104 valence electrons. The fourth-order valence-corrected chi connectivity index (χ4v) is 2.12. The van der Waals surface area contributed by atoms with Crippen LogP contribution in [0.15, 0.2) is 24.3 Å². The molecule has 4 nitrogen and oxygen atoms in total. The SMILES string of the molecule is CC(CO)(CO)NC(=O)C1CC1c1ccccc1F. The van der Waals surface area contributed by atoms with Gasteiger partial charge in [0, 0.05) is 5.92 Å². The number of hydrogen-bond acceptors (Lipinski definition) is 3. The molecule has 1 aliphatic carbocycles. The highest BCUT2D eigenvalue weighted by Crippen LogP contribution is 2.48. The average molecular weight is 267 g/mol. The lowest BCUT2D eigenvalue weighted by Gasteiger charge is -2.26. The number of nitrogens with one attached hydrogen (secondary N) is 1. The van der Waals surface area contributed by atoms with Gasteiger partial charge in [-0.25, -0.2) is 4.39 Å². The van der Waals surface area contributed by atoms with Gasteiger partial charge in [0.05, 0.1) is 18.8 Å². The molecular formula is C14H18FNO3. The zero-order chi connectivity index (χ0) is 14.0. The van der Waals surface area contributed by atoms with Crippen molar-refractivity contribution in [3.63, 3.8) is 0 Å². The van der Waals surface area contributed by atoms with Crippen molar-refractivity contribution < 1.29 is 19.4 Å². The van der Waals surface area contributed by atoms with Crippen LogP contribution in [-0.4, -0.2) is 34.9 Å². The normalized spacial score (nSPS) is 22.1. The summed E-state index contributed by atoms with van der Waals surface area (Å²) in [5.74, 6) is -0.939. The molecular weight excluding hydrogens is 249 g/mol. The molecule has 1 saturated carbocycles. The van der Waals surface area contributed by atoms with E-state index in [-0.39, 0.29) is 36.8 Å². The Bertz CT molecular complexity index is 474. The number of halogens is 1. The summed E-state index contributed by atoms with van der Waals surface area (Å²) >= 11 is 0. The summed E-state index contributed by atoms with van der Waals surface area (Å²) in [6, 6.07) is 6.43. The first-order valence-electron chi connectivity index (χ1n) is 6.29. The van der Waals surface area contributed by atoms with E-state index in [0.717, 1.165) is 0 Å². The second kappa shape index (κ2) is 5.27. The van der Waals surface area contributed by atoms with Crippen LogP contribution < -0.4 is 5.32 Å². The van der Waals surface area contributed by atoms with Gasteiger partial charge in [-0.15, -0.1) is 0 Å². The lowest BCUT2D eigenvalue weighted by atomic mass is 10.0. The number of carbonyl (C=O) groups is 1. The van der Waals surface area contributed by atoms with Gasteiger partial charge in [0.1, 0.15) is 5.82 Å². The van der Waals surface area contributed by atoms with Gasteiger partial charge in [-0.2, -0.15) is 0 Å². The third kappa shape index (κ3) is 2.93. The maximum absolute atomic E-state index is 13.6. The summed E-state index contributed by atoms with van der Waals surface area (Å²) in [6.07, 6.45) is 0.597. The average Bonchev–Trinajstić information content (AvgIpc) is 3.19. The van der Waals surface area contributed by atoms with Gasteiger partial charge in [0.25, 0.3) is 0 Å². The quantitative estimate of drug-likeness (QED) is 0.738. The fourth-order valence-electron chi connectivity index (χ4n) is 2.12. The maximum Gasteiger partial charge on any atom is 0.224 e. The lowest BCUT2D eigenvalue weighted by Crippen LogP contribution is -2.52. The smallest absolute Gasteiger partial charge is 0.224 e. The Labute approximate surface area is 111 Å². The van der Waals surface area contributed by atoms with E-state index < -0.39 is 5.54 Å². The molecule has 0 aromatic heterocycles. The Hall–Kier alpha value is -1.46. The van der Waals surface area contributed by atoms with Crippen molar-refractivity contribution in [2.24, 2.45) is 5.92 Å². The molecule has 3 N–H and O–H groups in total. The van der Waals surface area contributed by atoms with E-state index in [0.29, 0.717) is 12.0 Å². The number of aliphatic hydroxyl groups is 2. The van der Waals surface area contributed by atoms with Crippen LogP contribution in [0.5, 0.6) is 0 Å². The van der Waals surface area contributed by atoms with E-state index in [1.807, 2.05) is 0 Å². The number of hydrogen-bond donors (Lipinski definition) is 3. The summed E-state index contributed by atoms with van der Waals surface area (Å²) < 4.78 is 13.6. The van der Waals surface area contributed by atoms with Crippen molar-refractivity contribution in [2.45, 2.75) is 24.8 Å². The molecule has 1 fully saturated rings. The number of carbonyl (C=O) groups excluding carboxylic acids is 1. The first-order chi connectivity index (χ1) is 9.00.